The van der Waals surface area contributed by atoms with Gasteiger partial charge in [-0.3, -0.25) is 9.69 Å². The van der Waals surface area contributed by atoms with Crippen molar-refractivity contribution in [3.63, 3.8) is 0 Å². The first-order valence-electron chi connectivity index (χ1n) is 8.41. The van der Waals surface area contributed by atoms with Crippen molar-refractivity contribution < 1.29 is 4.79 Å². The molecule has 0 unspecified atom stereocenters. The lowest BCUT2D eigenvalue weighted by Crippen LogP contribution is -2.44. The summed E-state index contributed by atoms with van der Waals surface area (Å²) in [7, 11) is 1.61. The third-order valence-corrected chi connectivity index (χ3v) is 3.21. The average Bonchev–Trinajstić information content (AvgIpc) is 2.57. The van der Waals surface area contributed by atoms with Gasteiger partial charge in [-0.1, -0.05) is 40.7 Å². The van der Waals surface area contributed by atoms with Crippen LogP contribution in [0.1, 0.15) is 50.8 Å². The lowest BCUT2D eigenvalue weighted by atomic mass is 10.0. The molecule has 0 aliphatic carbocycles. The molecule has 5 nitrogen and oxygen atoms in total. The summed E-state index contributed by atoms with van der Waals surface area (Å²) in [5.74, 6) is 0.548. The van der Waals surface area contributed by atoms with E-state index in [1.165, 1.54) is 4.90 Å². The molecule has 23 heavy (non-hydrogen) atoms. The van der Waals surface area contributed by atoms with Crippen LogP contribution in [0.25, 0.3) is 0 Å². The van der Waals surface area contributed by atoms with Gasteiger partial charge in [0.05, 0.1) is 11.8 Å². The monoisotopic (exact) mass is 318 g/mol. The Balaban J connectivity index is 0.00000112. The molecule has 0 saturated carbocycles. The van der Waals surface area contributed by atoms with E-state index in [4.69, 9.17) is 5.26 Å². The van der Waals surface area contributed by atoms with Gasteiger partial charge in [0.2, 0.25) is 0 Å². The van der Waals surface area contributed by atoms with Crippen molar-refractivity contribution >= 4 is 5.91 Å². The third kappa shape index (κ3) is 6.79. The number of aromatic nitrogens is 1. The highest BCUT2D eigenvalue weighted by Gasteiger charge is 2.23. The minimum absolute atomic E-state index is 0.0778. The molecule has 0 atom stereocenters. The van der Waals surface area contributed by atoms with Gasteiger partial charge >= 0.3 is 0 Å². The number of pyridine rings is 1. The number of nitrogens with zero attached hydrogens (tertiary/aromatic N) is 4. The number of carbonyl (C=O) groups excluding carboxylic acids is 1. The topological polar surface area (TPSA) is 60.2 Å². The Morgan fingerprint density at radius 2 is 1.96 bits per heavy atom. The van der Waals surface area contributed by atoms with E-state index in [1.54, 1.807) is 13.1 Å². The zero-order chi connectivity index (χ0) is 17.8. The van der Waals surface area contributed by atoms with Gasteiger partial charge in [0.25, 0.3) is 5.91 Å². The van der Waals surface area contributed by atoms with Crippen LogP contribution in [0.3, 0.4) is 0 Å². The van der Waals surface area contributed by atoms with E-state index in [0.717, 1.165) is 31.2 Å². The molecule has 2 heterocycles. The molecule has 0 N–H and O–H groups in total. The fourth-order valence-corrected chi connectivity index (χ4v) is 2.25. The van der Waals surface area contributed by atoms with Gasteiger partial charge in [0.1, 0.15) is 12.2 Å². The van der Waals surface area contributed by atoms with Crippen molar-refractivity contribution in [3.05, 3.63) is 29.6 Å². The molecule has 0 radical (unpaired) electrons. The molecule has 1 amide bonds. The normalized spacial score (nSPS) is 13.4. The predicted molar refractivity (Wildman–Crippen MR) is 93.9 cm³/mol. The maximum absolute atomic E-state index is 12.0. The molecule has 1 aliphatic rings. The highest BCUT2D eigenvalue weighted by Crippen LogP contribution is 2.17. The molecule has 1 aromatic heterocycles. The summed E-state index contributed by atoms with van der Waals surface area (Å²) in [6, 6.07) is 7.43. The van der Waals surface area contributed by atoms with Gasteiger partial charge in [-0.2, -0.15) is 5.26 Å². The molecule has 1 aliphatic heterocycles. The Morgan fingerprint density at radius 3 is 2.48 bits per heavy atom. The number of hydrogen-bond donors (Lipinski definition) is 0. The molecule has 2 rings (SSSR count). The Kier molecular flexibility index (Phi) is 10.6. The molecule has 0 aromatic carbocycles. The molecule has 1 aromatic rings. The van der Waals surface area contributed by atoms with E-state index >= 15 is 0 Å². The third-order valence-electron chi connectivity index (χ3n) is 3.21. The van der Waals surface area contributed by atoms with E-state index < -0.39 is 0 Å². The maximum Gasteiger partial charge on any atom is 0.273 e. The Hall–Kier alpha value is -1.93. The van der Waals surface area contributed by atoms with E-state index in [2.05, 4.69) is 16.8 Å². The highest BCUT2D eigenvalue weighted by atomic mass is 16.2. The number of carbonyl (C=O) groups is 1. The Labute approximate surface area is 140 Å². The standard InChI is InChI=1S/C14H18N4O.2C2H6/c1-11-8-18(9-11)10-12-4-3-5-13(16-12)14(19)17(2)7-6-15;2*1-2/h3-5,11H,7-10H2,1-2H3;2*1-2H3. The summed E-state index contributed by atoms with van der Waals surface area (Å²) in [5, 5.41) is 8.60. The van der Waals surface area contributed by atoms with Crippen LogP contribution in [-0.4, -0.2) is 47.4 Å². The summed E-state index contributed by atoms with van der Waals surface area (Å²) in [6.07, 6.45) is 0. The highest BCUT2D eigenvalue weighted by molar-refractivity contribution is 5.92. The molecule has 1 fully saturated rings. The smallest absolute Gasteiger partial charge is 0.273 e. The second kappa shape index (κ2) is 11.6. The van der Waals surface area contributed by atoms with Gasteiger partial charge in [-0.15, -0.1) is 0 Å². The summed E-state index contributed by atoms with van der Waals surface area (Å²) < 4.78 is 0. The maximum atomic E-state index is 12.0. The lowest BCUT2D eigenvalue weighted by Gasteiger charge is -2.36. The van der Waals surface area contributed by atoms with Crippen LogP contribution in [0.5, 0.6) is 0 Å². The van der Waals surface area contributed by atoms with E-state index in [1.807, 2.05) is 45.9 Å². The minimum Gasteiger partial charge on any atom is -0.327 e. The zero-order valence-electron chi connectivity index (χ0n) is 15.3. The number of nitriles is 1. The first-order valence-corrected chi connectivity index (χ1v) is 8.41. The fourth-order valence-electron chi connectivity index (χ4n) is 2.25. The van der Waals surface area contributed by atoms with Gasteiger partial charge in [0.15, 0.2) is 0 Å². The molecule has 0 spiro atoms. The number of rotatable bonds is 4. The van der Waals surface area contributed by atoms with Crippen molar-refractivity contribution in [2.24, 2.45) is 5.92 Å². The SMILES string of the molecule is CC.CC.CC1CN(Cc2cccc(C(=O)N(C)CC#N)n2)C1. The van der Waals surface area contributed by atoms with Crippen molar-refractivity contribution in [1.29, 1.82) is 5.26 Å². The van der Waals surface area contributed by atoms with Crippen molar-refractivity contribution in [2.45, 2.75) is 41.2 Å². The van der Waals surface area contributed by atoms with Crippen LogP contribution in [0.2, 0.25) is 0 Å². The summed E-state index contributed by atoms with van der Waals surface area (Å²) in [5.41, 5.74) is 1.31. The molecular formula is C18H30N4O. The van der Waals surface area contributed by atoms with Crippen LogP contribution in [0.4, 0.5) is 0 Å². The number of amides is 1. The van der Waals surface area contributed by atoms with Crippen molar-refractivity contribution in [2.75, 3.05) is 26.7 Å². The minimum atomic E-state index is -0.208. The van der Waals surface area contributed by atoms with Crippen LogP contribution < -0.4 is 0 Å². The Bertz CT molecular complexity index is 504. The van der Waals surface area contributed by atoms with Gasteiger partial charge in [0, 0.05) is 26.7 Å². The molecule has 0 bridgehead atoms. The quantitative estimate of drug-likeness (QED) is 0.800. The van der Waals surface area contributed by atoms with Crippen LogP contribution in [0, 0.1) is 17.2 Å². The van der Waals surface area contributed by atoms with Crippen LogP contribution in [0.15, 0.2) is 18.2 Å². The lowest BCUT2D eigenvalue weighted by molar-refractivity contribution is 0.0803. The predicted octanol–water partition coefficient (Wildman–Crippen LogP) is 3.18. The fraction of sp³-hybridized carbons (Fsp3) is 0.611. The zero-order valence-corrected chi connectivity index (χ0v) is 15.3. The second-order valence-corrected chi connectivity index (χ2v) is 5.13. The summed E-state index contributed by atoms with van der Waals surface area (Å²) in [4.78, 5) is 20.1. The van der Waals surface area contributed by atoms with Gasteiger partial charge < -0.3 is 4.90 Å². The first kappa shape index (κ1) is 21.1. The molecular weight excluding hydrogens is 288 g/mol. The van der Waals surface area contributed by atoms with Crippen molar-refractivity contribution in [1.82, 2.24) is 14.8 Å². The van der Waals surface area contributed by atoms with Crippen LogP contribution >= 0.6 is 0 Å². The first-order chi connectivity index (χ1) is 11.1. The Morgan fingerprint density at radius 1 is 1.35 bits per heavy atom. The summed E-state index contributed by atoms with van der Waals surface area (Å²) >= 11 is 0. The van der Waals surface area contributed by atoms with E-state index in [0.29, 0.717) is 5.69 Å². The van der Waals surface area contributed by atoms with Gasteiger partial charge in [-0.25, -0.2) is 4.98 Å². The van der Waals surface area contributed by atoms with Crippen molar-refractivity contribution in [3.8, 4) is 6.07 Å². The summed E-state index contributed by atoms with van der Waals surface area (Å²) in [6.45, 7) is 13.3. The van der Waals surface area contributed by atoms with E-state index in [-0.39, 0.29) is 12.5 Å². The van der Waals surface area contributed by atoms with E-state index in [9.17, 15) is 4.79 Å². The molecule has 128 valence electrons. The molecule has 5 heteroatoms. The number of likely N-dealkylation sites (tertiary alicyclic amines) is 1. The molecule has 1 saturated heterocycles. The second-order valence-electron chi connectivity index (χ2n) is 5.13. The number of hydrogen-bond acceptors (Lipinski definition) is 4. The average molecular weight is 318 g/mol. The van der Waals surface area contributed by atoms with Crippen LogP contribution in [-0.2, 0) is 6.54 Å². The largest absolute Gasteiger partial charge is 0.327 e. The van der Waals surface area contributed by atoms with Gasteiger partial charge in [-0.05, 0) is 18.1 Å².